The first kappa shape index (κ1) is 15.7. The number of carbonyl (C=O) groups is 1. The van der Waals surface area contributed by atoms with Crippen LogP contribution in [-0.4, -0.2) is 35.1 Å². The third-order valence-electron chi connectivity index (χ3n) is 3.55. The molecule has 0 bridgehead atoms. The van der Waals surface area contributed by atoms with E-state index in [4.69, 9.17) is 9.84 Å². The normalized spacial score (nSPS) is 16.7. The summed E-state index contributed by atoms with van der Waals surface area (Å²) < 4.78 is 32.7. The van der Waals surface area contributed by atoms with Crippen LogP contribution in [-0.2, 0) is 11.4 Å². The molecule has 1 atom stereocenters. The van der Waals surface area contributed by atoms with Crippen LogP contribution in [0.4, 0.5) is 8.78 Å². The van der Waals surface area contributed by atoms with E-state index in [1.807, 2.05) is 0 Å². The number of carbonyl (C=O) groups excluding carboxylic acids is 1. The Balaban J connectivity index is 2.08. The molecule has 0 radical (unpaired) electrons. The number of nitrogens with zero attached hydrogens (tertiary/aromatic N) is 1. The van der Waals surface area contributed by atoms with E-state index in [9.17, 15) is 13.6 Å². The minimum absolute atomic E-state index is 0.118. The standard InChI is InChI=1S/C15H19F2NO3/c1-10(15(20)18-5-3-2-4-6-18)21-14-12(16)7-11(9-19)8-13(14)17/h7-8,10,19H,2-6,9H2,1H3. The van der Waals surface area contributed by atoms with Gasteiger partial charge in [0.25, 0.3) is 5.91 Å². The maximum Gasteiger partial charge on any atom is 0.263 e. The molecule has 1 heterocycles. The molecule has 0 saturated carbocycles. The van der Waals surface area contributed by atoms with E-state index in [2.05, 4.69) is 0 Å². The molecule has 1 N–H and O–H groups in total. The van der Waals surface area contributed by atoms with Gasteiger partial charge in [0.05, 0.1) is 6.61 Å². The molecule has 21 heavy (non-hydrogen) atoms. The van der Waals surface area contributed by atoms with Crippen molar-refractivity contribution in [1.29, 1.82) is 0 Å². The monoisotopic (exact) mass is 299 g/mol. The molecule has 1 fully saturated rings. The maximum absolute atomic E-state index is 13.8. The van der Waals surface area contributed by atoms with Crippen molar-refractivity contribution in [2.24, 2.45) is 0 Å². The Morgan fingerprint density at radius 3 is 2.38 bits per heavy atom. The highest BCUT2D eigenvalue weighted by Gasteiger charge is 2.25. The predicted molar refractivity (Wildman–Crippen MR) is 72.8 cm³/mol. The Bertz CT molecular complexity index is 493. The lowest BCUT2D eigenvalue weighted by Gasteiger charge is -2.29. The Kier molecular flexibility index (Phi) is 5.12. The number of likely N-dealkylation sites (tertiary alicyclic amines) is 1. The van der Waals surface area contributed by atoms with Gasteiger partial charge in [0.2, 0.25) is 0 Å². The molecule has 2 rings (SSSR count). The molecule has 4 nitrogen and oxygen atoms in total. The smallest absolute Gasteiger partial charge is 0.263 e. The highest BCUT2D eigenvalue weighted by atomic mass is 19.1. The van der Waals surface area contributed by atoms with E-state index in [0.717, 1.165) is 31.4 Å². The molecule has 0 aliphatic carbocycles. The van der Waals surface area contributed by atoms with E-state index in [1.54, 1.807) is 4.90 Å². The summed E-state index contributed by atoms with van der Waals surface area (Å²) in [6.07, 6.45) is 2.01. The lowest BCUT2D eigenvalue weighted by atomic mass is 10.1. The molecule has 6 heteroatoms. The number of hydrogen-bond donors (Lipinski definition) is 1. The van der Waals surface area contributed by atoms with Crippen molar-refractivity contribution in [2.75, 3.05) is 13.1 Å². The average molecular weight is 299 g/mol. The van der Waals surface area contributed by atoms with Gasteiger partial charge in [-0.2, -0.15) is 0 Å². The van der Waals surface area contributed by atoms with E-state index in [-0.39, 0.29) is 11.5 Å². The fourth-order valence-corrected chi connectivity index (χ4v) is 2.41. The molecular formula is C15H19F2NO3. The third-order valence-corrected chi connectivity index (χ3v) is 3.55. The third kappa shape index (κ3) is 3.69. The van der Waals surface area contributed by atoms with Gasteiger partial charge in [0, 0.05) is 13.1 Å². The lowest BCUT2D eigenvalue weighted by Crippen LogP contribution is -2.43. The maximum atomic E-state index is 13.8. The van der Waals surface area contributed by atoms with Gasteiger partial charge < -0.3 is 14.7 Å². The van der Waals surface area contributed by atoms with Crippen LogP contribution in [0.25, 0.3) is 0 Å². The molecule has 116 valence electrons. The van der Waals surface area contributed by atoms with Crippen molar-refractivity contribution in [3.05, 3.63) is 29.3 Å². The summed E-state index contributed by atoms with van der Waals surface area (Å²) in [6.45, 7) is 2.33. The van der Waals surface area contributed by atoms with Crippen molar-refractivity contribution < 1.29 is 23.4 Å². The van der Waals surface area contributed by atoms with Gasteiger partial charge in [-0.05, 0) is 43.9 Å². The largest absolute Gasteiger partial charge is 0.475 e. The molecular weight excluding hydrogens is 280 g/mol. The van der Waals surface area contributed by atoms with Crippen LogP contribution < -0.4 is 4.74 Å². The summed E-state index contributed by atoms with van der Waals surface area (Å²) in [6, 6.07) is 1.99. The number of amides is 1. The van der Waals surface area contributed by atoms with Gasteiger partial charge in [-0.3, -0.25) is 4.79 Å². The highest BCUT2D eigenvalue weighted by Crippen LogP contribution is 2.25. The molecule has 1 saturated heterocycles. The Morgan fingerprint density at radius 2 is 1.86 bits per heavy atom. The first-order valence-electron chi connectivity index (χ1n) is 7.07. The highest BCUT2D eigenvalue weighted by molar-refractivity contribution is 5.81. The van der Waals surface area contributed by atoms with E-state index in [1.165, 1.54) is 6.92 Å². The first-order chi connectivity index (χ1) is 10.0. The Hall–Kier alpha value is -1.69. The predicted octanol–water partition coefficient (Wildman–Crippen LogP) is 2.24. The molecule has 1 unspecified atom stereocenters. The van der Waals surface area contributed by atoms with E-state index < -0.39 is 30.1 Å². The number of aliphatic hydroxyl groups excluding tert-OH is 1. The minimum atomic E-state index is -0.952. The molecule has 0 spiro atoms. The summed E-state index contributed by atoms with van der Waals surface area (Å²) in [5, 5.41) is 8.88. The number of aliphatic hydroxyl groups is 1. The van der Waals surface area contributed by atoms with Gasteiger partial charge in [-0.1, -0.05) is 0 Å². The molecule has 1 aromatic rings. The van der Waals surface area contributed by atoms with Crippen LogP contribution >= 0.6 is 0 Å². The summed E-state index contributed by atoms with van der Waals surface area (Å²) in [7, 11) is 0. The van der Waals surface area contributed by atoms with Crippen LogP contribution in [0.15, 0.2) is 12.1 Å². The number of rotatable bonds is 4. The topological polar surface area (TPSA) is 49.8 Å². The second-order valence-electron chi connectivity index (χ2n) is 5.19. The summed E-state index contributed by atoms with van der Waals surface area (Å²) in [4.78, 5) is 13.8. The molecule has 0 aromatic heterocycles. The van der Waals surface area contributed by atoms with Crippen LogP contribution in [0.5, 0.6) is 5.75 Å². The van der Waals surface area contributed by atoms with Crippen molar-refractivity contribution >= 4 is 5.91 Å². The quantitative estimate of drug-likeness (QED) is 0.927. The number of piperidine rings is 1. The zero-order chi connectivity index (χ0) is 15.4. The average Bonchev–Trinajstić information content (AvgIpc) is 2.50. The number of halogens is 2. The van der Waals surface area contributed by atoms with Crippen molar-refractivity contribution in [3.63, 3.8) is 0 Å². The number of benzene rings is 1. The SMILES string of the molecule is CC(Oc1c(F)cc(CO)cc1F)C(=O)N1CCCCC1. The van der Waals surface area contributed by atoms with Crippen LogP contribution in [0.3, 0.4) is 0 Å². The summed E-state index contributed by atoms with van der Waals surface area (Å²) >= 11 is 0. The van der Waals surface area contributed by atoms with Gasteiger partial charge in [-0.25, -0.2) is 8.78 Å². The lowest BCUT2D eigenvalue weighted by molar-refractivity contribution is -0.139. The molecule has 1 aliphatic rings. The van der Waals surface area contributed by atoms with Gasteiger partial charge in [0.1, 0.15) is 0 Å². The minimum Gasteiger partial charge on any atom is -0.475 e. The Morgan fingerprint density at radius 1 is 1.29 bits per heavy atom. The first-order valence-corrected chi connectivity index (χ1v) is 7.07. The number of hydrogen-bond acceptors (Lipinski definition) is 3. The van der Waals surface area contributed by atoms with Gasteiger partial charge in [0.15, 0.2) is 23.5 Å². The van der Waals surface area contributed by atoms with Crippen molar-refractivity contribution in [2.45, 2.75) is 38.9 Å². The second-order valence-corrected chi connectivity index (χ2v) is 5.19. The van der Waals surface area contributed by atoms with Gasteiger partial charge >= 0.3 is 0 Å². The fraction of sp³-hybridized carbons (Fsp3) is 0.533. The van der Waals surface area contributed by atoms with Crippen LogP contribution in [0.2, 0.25) is 0 Å². The molecule has 1 amide bonds. The van der Waals surface area contributed by atoms with E-state index in [0.29, 0.717) is 13.1 Å². The molecule has 1 aromatic carbocycles. The Labute approximate surface area is 122 Å². The van der Waals surface area contributed by atoms with Crippen LogP contribution in [0.1, 0.15) is 31.7 Å². The number of ether oxygens (including phenoxy) is 1. The fourth-order valence-electron chi connectivity index (χ4n) is 2.41. The zero-order valence-electron chi connectivity index (χ0n) is 11.9. The van der Waals surface area contributed by atoms with Crippen molar-refractivity contribution in [3.8, 4) is 5.75 Å². The van der Waals surface area contributed by atoms with Crippen LogP contribution in [0, 0.1) is 11.6 Å². The van der Waals surface area contributed by atoms with Crippen molar-refractivity contribution in [1.82, 2.24) is 4.90 Å². The summed E-state index contributed by atoms with van der Waals surface area (Å²) in [5.74, 6) is -2.68. The van der Waals surface area contributed by atoms with E-state index >= 15 is 0 Å². The summed E-state index contributed by atoms with van der Waals surface area (Å²) in [5.41, 5.74) is 0.118. The molecule has 1 aliphatic heterocycles. The second kappa shape index (κ2) is 6.85. The zero-order valence-corrected chi connectivity index (χ0v) is 11.9. The van der Waals surface area contributed by atoms with Gasteiger partial charge in [-0.15, -0.1) is 0 Å².